The second-order valence-electron chi connectivity index (χ2n) is 18.6. The lowest BCUT2D eigenvalue weighted by Crippen LogP contribution is -2.57. The fraction of sp³-hybridized carbons (Fsp3) is 0.489. The smallest absolute Gasteiger partial charge is 0.343 e. The molecule has 2 aromatic carbocycles. The first-order valence-corrected chi connectivity index (χ1v) is 22.3. The molecule has 0 radical (unpaired) electrons. The Bertz CT molecular complexity index is 2610. The summed E-state index contributed by atoms with van der Waals surface area (Å²) in [6.45, 7) is 11.6. The molecule has 4 atom stereocenters. The Labute approximate surface area is 371 Å². The van der Waals surface area contributed by atoms with Gasteiger partial charge in [0.2, 0.25) is 11.8 Å². The molecule has 8 rings (SSSR count). The van der Waals surface area contributed by atoms with Gasteiger partial charge < -0.3 is 46.3 Å². The van der Waals surface area contributed by atoms with Crippen molar-refractivity contribution in [3.05, 3.63) is 91.5 Å². The van der Waals surface area contributed by atoms with Gasteiger partial charge in [0.05, 0.1) is 55.2 Å². The maximum atomic E-state index is 15.5. The predicted octanol–water partition coefficient (Wildman–Crippen LogP) is 3.33. The van der Waals surface area contributed by atoms with E-state index in [9.17, 15) is 29.1 Å². The Morgan fingerprint density at radius 3 is 2.47 bits per heavy atom. The SMILES string of the molecule is CC[C@@]1(O)C(=O)OCc2c1cc1n(c2=O)Cc2c-1nc1cc(F)c(C)c3c1c2[C@@H](N1CC[N+](C)(Cc2ccc(NC(=O)[C@H](CCCNC(N)=O)NC(=O)[C@@H](N)C(C)C)cc2)CC1)CC3. The van der Waals surface area contributed by atoms with E-state index in [1.807, 2.05) is 45.0 Å². The zero-order valence-corrected chi connectivity index (χ0v) is 37.2. The molecule has 1 fully saturated rings. The van der Waals surface area contributed by atoms with Crippen molar-refractivity contribution in [3.63, 3.8) is 0 Å². The van der Waals surface area contributed by atoms with Crippen LogP contribution in [0.15, 0.2) is 41.2 Å². The summed E-state index contributed by atoms with van der Waals surface area (Å²) in [6.07, 6.45) is 2.19. The van der Waals surface area contributed by atoms with Gasteiger partial charge in [-0.15, -0.1) is 0 Å². The molecule has 8 N–H and O–H groups in total. The molecular weight excluding hydrogens is 822 g/mol. The molecule has 64 heavy (non-hydrogen) atoms. The zero-order valence-electron chi connectivity index (χ0n) is 37.2. The highest BCUT2D eigenvalue weighted by Crippen LogP contribution is 2.48. The molecule has 0 spiro atoms. The van der Waals surface area contributed by atoms with Gasteiger partial charge in [-0.3, -0.25) is 19.3 Å². The summed E-state index contributed by atoms with van der Waals surface area (Å²) < 4.78 is 23.3. The van der Waals surface area contributed by atoms with Crippen LogP contribution in [0.4, 0.5) is 14.9 Å². The van der Waals surface area contributed by atoms with E-state index in [1.165, 1.54) is 6.07 Å². The summed E-state index contributed by atoms with van der Waals surface area (Å²) in [7, 11) is 2.25. The average Bonchev–Trinajstić information content (AvgIpc) is 3.64. The van der Waals surface area contributed by atoms with Gasteiger partial charge in [0, 0.05) is 59.5 Å². The first-order valence-electron chi connectivity index (χ1n) is 22.3. The van der Waals surface area contributed by atoms with Gasteiger partial charge in [-0.25, -0.2) is 19.0 Å². The van der Waals surface area contributed by atoms with E-state index in [0.717, 1.165) is 71.3 Å². The van der Waals surface area contributed by atoms with E-state index < -0.39 is 35.6 Å². The molecule has 5 heterocycles. The summed E-state index contributed by atoms with van der Waals surface area (Å²) in [4.78, 5) is 71.8. The van der Waals surface area contributed by atoms with E-state index in [4.69, 9.17) is 21.2 Å². The normalized spacial score (nSPS) is 20.8. The van der Waals surface area contributed by atoms with Gasteiger partial charge in [-0.05, 0) is 79.8 Å². The van der Waals surface area contributed by atoms with Crippen LogP contribution in [0.1, 0.15) is 91.4 Å². The number of hydrogen-bond acceptors (Lipinski definition) is 10. The molecule has 4 aliphatic rings. The summed E-state index contributed by atoms with van der Waals surface area (Å²) in [6, 6.07) is 8.61. The van der Waals surface area contributed by atoms with Gasteiger partial charge in [0.25, 0.3) is 5.56 Å². The molecule has 16 nitrogen and oxygen atoms in total. The van der Waals surface area contributed by atoms with Crippen LogP contribution in [-0.4, -0.2) is 99.7 Å². The Morgan fingerprint density at radius 2 is 1.80 bits per heavy atom. The van der Waals surface area contributed by atoms with Crippen LogP contribution >= 0.6 is 0 Å². The minimum atomic E-state index is -1.95. The molecule has 0 unspecified atom stereocenters. The number of esters is 1. The van der Waals surface area contributed by atoms with E-state index in [0.29, 0.717) is 41.0 Å². The molecule has 4 aromatic rings. The first kappa shape index (κ1) is 44.8. The van der Waals surface area contributed by atoms with Gasteiger partial charge >= 0.3 is 12.0 Å². The minimum Gasteiger partial charge on any atom is -0.458 e. The number of urea groups is 1. The molecule has 4 amide bonds. The number of ether oxygens (including phenoxy) is 1. The molecule has 0 saturated carbocycles. The third kappa shape index (κ3) is 8.14. The summed E-state index contributed by atoms with van der Waals surface area (Å²) in [5, 5.41) is 20.6. The number of piperazine rings is 1. The van der Waals surface area contributed by atoms with Crippen molar-refractivity contribution in [2.75, 3.05) is 45.1 Å². The third-order valence-corrected chi connectivity index (χ3v) is 14.1. The topological polar surface area (TPSA) is 224 Å². The number of quaternary nitrogens is 1. The number of benzene rings is 2. The van der Waals surface area contributed by atoms with Crippen LogP contribution in [0.3, 0.4) is 0 Å². The number of amides is 4. The lowest BCUT2D eigenvalue weighted by Gasteiger charge is -2.46. The highest BCUT2D eigenvalue weighted by atomic mass is 19.1. The van der Waals surface area contributed by atoms with Crippen LogP contribution in [0.2, 0.25) is 0 Å². The number of halogens is 1. The van der Waals surface area contributed by atoms with Gasteiger partial charge in [-0.2, -0.15) is 0 Å². The van der Waals surface area contributed by atoms with Crippen molar-refractivity contribution in [2.24, 2.45) is 17.4 Å². The zero-order chi connectivity index (χ0) is 45.8. The largest absolute Gasteiger partial charge is 0.458 e. The minimum absolute atomic E-state index is 0.000448. The number of nitrogens with two attached hydrogens (primary N) is 2. The summed E-state index contributed by atoms with van der Waals surface area (Å²) in [5.74, 6) is -2.04. The number of nitrogens with one attached hydrogen (secondary N) is 3. The van der Waals surface area contributed by atoms with Crippen LogP contribution in [0.5, 0.6) is 0 Å². The number of cyclic esters (lactones) is 1. The van der Waals surface area contributed by atoms with Gasteiger partial charge in [0.15, 0.2) is 5.60 Å². The quantitative estimate of drug-likeness (QED) is 0.0575. The standard InChI is InChI=1S/C47H58FN9O7/c1-6-47(63)32-20-37-41-30(22-56(37)44(60)31(32)24-64-45(47)61)39-36(14-13-29-26(4)33(48)21-35(53-41)38(29)39)55-16-18-57(5,19-17-55)23-27-9-11-28(12-10-27)52-42(58)34(8-7-15-51-46(50)62)54-43(59)40(49)25(2)3/h9-12,20-21,25,34,36,40,63H,6-8,13-19,22-24,49H2,1-5H3,(H4-,50,51,52,54,58,59,62)/p+1/t34-,36-,40-,47-/m0/s1. The number of pyridine rings is 2. The Balaban J connectivity index is 0.993. The highest BCUT2D eigenvalue weighted by molar-refractivity contribution is 5.98. The molecule has 1 aliphatic carbocycles. The van der Waals surface area contributed by atoms with Crippen molar-refractivity contribution < 1.29 is 37.9 Å². The fourth-order valence-electron chi connectivity index (χ4n) is 10.0. The summed E-state index contributed by atoms with van der Waals surface area (Å²) >= 11 is 0. The number of aromatic nitrogens is 2. The molecule has 17 heteroatoms. The second-order valence-corrected chi connectivity index (χ2v) is 18.6. The van der Waals surface area contributed by atoms with Gasteiger partial charge in [-0.1, -0.05) is 32.9 Å². The lowest BCUT2D eigenvalue weighted by atomic mass is 9.80. The predicted molar refractivity (Wildman–Crippen MR) is 238 cm³/mol. The Hall–Kier alpha value is -5.75. The molecule has 3 aliphatic heterocycles. The summed E-state index contributed by atoms with van der Waals surface area (Å²) in [5.41, 5.74) is 16.3. The van der Waals surface area contributed by atoms with Crippen molar-refractivity contribution in [1.29, 1.82) is 0 Å². The lowest BCUT2D eigenvalue weighted by molar-refractivity contribution is -0.926. The number of rotatable bonds is 13. The van der Waals surface area contributed by atoms with E-state index in [1.54, 1.807) is 17.6 Å². The van der Waals surface area contributed by atoms with Crippen LogP contribution in [0.25, 0.3) is 22.3 Å². The number of fused-ring (bicyclic) bond motifs is 5. The molecule has 0 bridgehead atoms. The van der Waals surface area contributed by atoms with E-state index in [2.05, 4.69) is 27.9 Å². The van der Waals surface area contributed by atoms with Crippen LogP contribution < -0.4 is 33.0 Å². The number of hydrogen-bond donors (Lipinski definition) is 6. The van der Waals surface area contributed by atoms with Crippen molar-refractivity contribution in [3.8, 4) is 11.4 Å². The van der Waals surface area contributed by atoms with Crippen molar-refractivity contribution in [1.82, 2.24) is 25.1 Å². The number of anilines is 1. The van der Waals surface area contributed by atoms with Crippen LogP contribution in [-0.2, 0) is 50.8 Å². The average molecular weight is 881 g/mol. The van der Waals surface area contributed by atoms with Gasteiger partial charge in [0.1, 0.15) is 25.0 Å². The Morgan fingerprint density at radius 1 is 1.08 bits per heavy atom. The Kier molecular flexibility index (Phi) is 12.1. The number of likely N-dealkylation sites (N-methyl/N-ethyl adjacent to an activating group) is 1. The molecule has 1 saturated heterocycles. The monoisotopic (exact) mass is 880 g/mol. The van der Waals surface area contributed by atoms with Crippen molar-refractivity contribution >= 4 is 40.4 Å². The van der Waals surface area contributed by atoms with Crippen LogP contribution in [0, 0.1) is 18.7 Å². The molecule has 340 valence electrons. The first-order chi connectivity index (χ1) is 30.4. The number of primary amides is 1. The van der Waals surface area contributed by atoms with E-state index in [-0.39, 0.29) is 72.9 Å². The van der Waals surface area contributed by atoms with E-state index >= 15 is 4.39 Å². The molecule has 2 aromatic heterocycles. The fourth-order valence-corrected chi connectivity index (χ4v) is 10.0. The maximum Gasteiger partial charge on any atom is 0.343 e. The molecular formula is C47H59FN9O7+. The maximum absolute atomic E-state index is 15.5. The van der Waals surface area contributed by atoms with Crippen molar-refractivity contribution in [2.45, 2.75) is 103 Å². The number of nitrogens with zero attached hydrogens (tertiary/aromatic N) is 4. The number of aryl methyl sites for hydroxylation is 1. The highest BCUT2D eigenvalue weighted by Gasteiger charge is 2.46. The third-order valence-electron chi connectivity index (χ3n) is 14.1. The second kappa shape index (κ2) is 17.3. The number of carbonyl (C=O) groups excluding carboxylic acids is 4. The number of carbonyl (C=O) groups is 4. The number of aliphatic hydroxyl groups is 1.